The van der Waals surface area contributed by atoms with Crippen LogP contribution in [0.3, 0.4) is 0 Å². The molecule has 0 amide bonds. The highest BCUT2D eigenvalue weighted by Crippen LogP contribution is 2.14. The van der Waals surface area contributed by atoms with E-state index in [-0.39, 0.29) is 5.54 Å². The molecule has 0 saturated heterocycles. The lowest BCUT2D eigenvalue weighted by atomic mass is 9.96. The minimum atomic E-state index is -0.307. The zero-order valence-electron chi connectivity index (χ0n) is 8.92. The van der Waals surface area contributed by atoms with Crippen molar-refractivity contribution in [2.24, 2.45) is 5.73 Å². The Labute approximate surface area is 80.8 Å². The van der Waals surface area contributed by atoms with Crippen LogP contribution < -0.4 is 5.73 Å². The highest BCUT2D eigenvalue weighted by atomic mass is 16.5. The standard InChI is InChI=1S/C11H19NO/c1-6-7-10(13-5)8-9(2)11(3,4)12/h6-8H,1,12H2,2-5H3/b9-8+,10-7+. The summed E-state index contributed by atoms with van der Waals surface area (Å²) in [6, 6.07) is 0. The fourth-order valence-electron chi connectivity index (χ4n) is 0.691. The van der Waals surface area contributed by atoms with Gasteiger partial charge in [-0.1, -0.05) is 18.2 Å². The van der Waals surface area contributed by atoms with Crippen LogP contribution in [0, 0.1) is 0 Å². The van der Waals surface area contributed by atoms with Gasteiger partial charge in [0.25, 0.3) is 0 Å². The Balaban J connectivity index is 4.71. The molecule has 0 rings (SSSR count). The first kappa shape index (κ1) is 12.0. The predicted octanol–water partition coefficient (Wildman–Crippen LogP) is 2.39. The lowest BCUT2D eigenvalue weighted by molar-refractivity contribution is 0.305. The topological polar surface area (TPSA) is 35.2 Å². The molecule has 0 heterocycles. The molecule has 0 aromatic carbocycles. The van der Waals surface area contributed by atoms with Crippen LogP contribution in [0.1, 0.15) is 20.8 Å². The van der Waals surface area contributed by atoms with E-state index in [0.717, 1.165) is 11.3 Å². The van der Waals surface area contributed by atoms with Gasteiger partial charge < -0.3 is 10.5 Å². The molecule has 0 aliphatic heterocycles. The van der Waals surface area contributed by atoms with Crippen LogP contribution in [-0.2, 0) is 4.74 Å². The Morgan fingerprint density at radius 2 is 2.00 bits per heavy atom. The van der Waals surface area contributed by atoms with Crippen LogP contribution in [0.5, 0.6) is 0 Å². The normalized spacial score (nSPS) is 14.2. The summed E-state index contributed by atoms with van der Waals surface area (Å²) in [5.74, 6) is 0.769. The number of rotatable bonds is 4. The third-order valence-electron chi connectivity index (χ3n) is 1.89. The number of ether oxygens (including phenoxy) is 1. The Hall–Kier alpha value is -1.02. The van der Waals surface area contributed by atoms with Crippen molar-refractivity contribution in [2.45, 2.75) is 26.3 Å². The van der Waals surface area contributed by atoms with Gasteiger partial charge in [-0.2, -0.15) is 0 Å². The van der Waals surface area contributed by atoms with Crippen molar-refractivity contribution in [3.8, 4) is 0 Å². The Kier molecular flexibility index (Phi) is 4.49. The molecule has 0 aliphatic carbocycles. The molecule has 2 N–H and O–H groups in total. The quantitative estimate of drug-likeness (QED) is 0.534. The molecule has 0 saturated carbocycles. The van der Waals surface area contributed by atoms with E-state index in [1.165, 1.54) is 0 Å². The maximum Gasteiger partial charge on any atom is 0.118 e. The molecule has 2 nitrogen and oxygen atoms in total. The Morgan fingerprint density at radius 1 is 1.46 bits per heavy atom. The van der Waals surface area contributed by atoms with Crippen LogP contribution in [0.4, 0.5) is 0 Å². The smallest absolute Gasteiger partial charge is 0.118 e. The summed E-state index contributed by atoms with van der Waals surface area (Å²) in [5, 5.41) is 0. The Morgan fingerprint density at radius 3 is 2.31 bits per heavy atom. The summed E-state index contributed by atoms with van der Waals surface area (Å²) in [5.41, 5.74) is 6.67. The van der Waals surface area contributed by atoms with Crippen LogP contribution in [-0.4, -0.2) is 12.6 Å². The lowest BCUT2D eigenvalue weighted by Crippen LogP contribution is -2.33. The molecule has 2 heteroatoms. The van der Waals surface area contributed by atoms with E-state index < -0.39 is 0 Å². The number of nitrogens with two attached hydrogens (primary N) is 1. The van der Waals surface area contributed by atoms with Gasteiger partial charge in [0.05, 0.1) is 7.11 Å². The summed E-state index contributed by atoms with van der Waals surface area (Å²) in [4.78, 5) is 0. The van der Waals surface area contributed by atoms with Gasteiger partial charge in [0, 0.05) is 5.54 Å². The SMILES string of the molecule is C=C/C=C(\C=C(/C)C(C)(C)N)OC. The van der Waals surface area contributed by atoms with Crippen LogP contribution >= 0.6 is 0 Å². The van der Waals surface area contributed by atoms with Gasteiger partial charge >= 0.3 is 0 Å². The van der Waals surface area contributed by atoms with Crippen LogP contribution in [0.15, 0.2) is 36.1 Å². The summed E-state index contributed by atoms with van der Waals surface area (Å²) >= 11 is 0. The summed E-state index contributed by atoms with van der Waals surface area (Å²) < 4.78 is 5.11. The van der Waals surface area contributed by atoms with Crippen molar-refractivity contribution in [3.05, 3.63) is 36.1 Å². The highest BCUT2D eigenvalue weighted by Gasteiger charge is 2.12. The first-order valence-corrected chi connectivity index (χ1v) is 4.26. The molecule has 0 spiro atoms. The number of hydrogen-bond donors (Lipinski definition) is 1. The molecule has 0 aromatic heterocycles. The van der Waals surface area contributed by atoms with Crippen molar-refractivity contribution in [1.29, 1.82) is 0 Å². The molecule has 0 bridgehead atoms. The largest absolute Gasteiger partial charge is 0.497 e. The fourth-order valence-corrected chi connectivity index (χ4v) is 0.691. The minimum absolute atomic E-state index is 0.307. The molecule has 0 aromatic rings. The molecule has 0 atom stereocenters. The van der Waals surface area contributed by atoms with Gasteiger partial charge in [0.1, 0.15) is 5.76 Å². The third-order valence-corrected chi connectivity index (χ3v) is 1.89. The maximum absolute atomic E-state index is 5.90. The second-order valence-electron chi connectivity index (χ2n) is 3.56. The average molecular weight is 181 g/mol. The second-order valence-corrected chi connectivity index (χ2v) is 3.56. The van der Waals surface area contributed by atoms with Gasteiger partial charge in [0.2, 0.25) is 0 Å². The van der Waals surface area contributed by atoms with Crippen molar-refractivity contribution >= 4 is 0 Å². The van der Waals surface area contributed by atoms with Crippen LogP contribution in [0.25, 0.3) is 0 Å². The first-order chi connectivity index (χ1) is 5.91. The molecule has 0 fully saturated rings. The zero-order valence-corrected chi connectivity index (χ0v) is 8.92. The van der Waals surface area contributed by atoms with E-state index in [0.29, 0.717) is 0 Å². The highest BCUT2D eigenvalue weighted by molar-refractivity contribution is 5.26. The van der Waals surface area contributed by atoms with Crippen molar-refractivity contribution in [1.82, 2.24) is 0 Å². The molecule has 74 valence electrons. The van der Waals surface area contributed by atoms with E-state index >= 15 is 0 Å². The molecule has 0 radical (unpaired) electrons. The Bertz CT molecular complexity index is 231. The zero-order chi connectivity index (χ0) is 10.5. The maximum atomic E-state index is 5.90. The van der Waals surface area contributed by atoms with Gasteiger partial charge in [-0.3, -0.25) is 0 Å². The summed E-state index contributed by atoms with van der Waals surface area (Å²) in [7, 11) is 1.63. The molecule has 13 heavy (non-hydrogen) atoms. The van der Waals surface area contributed by atoms with E-state index in [9.17, 15) is 0 Å². The van der Waals surface area contributed by atoms with E-state index in [1.807, 2.05) is 26.8 Å². The van der Waals surface area contributed by atoms with Gasteiger partial charge in [-0.05, 0) is 32.9 Å². The molecule has 0 unspecified atom stereocenters. The first-order valence-electron chi connectivity index (χ1n) is 4.26. The van der Waals surface area contributed by atoms with Gasteiger partial charge in [-0.25, -0.2) is 0 Å². The number of methoxy groups -OCH3 is 1. The van der Waals surface area contributed by atoms with Crippen molar-refractivity contribution < 1.29 is 4.74 Å². The van der Waals surface area contributed by atoms with E-state index in [1.54, 1.807) is 19.3 Å². The number of allylic oxidation sites excluding steroid dienone is 3. The monoisotopic (exact) mass is 181 g/mol. The van der Waals surface area contributed by atoms with Gasteiger partial charge in [-0.15, -0.1) is 0 Å². The van der Waals surface area contributed by atoms with Crippen LogP contribution in [0.2, 0.25) is 0 Å². The molecule has 0 aliphatic rings. The fraction of sp³-hybridized carbons (Fsp3) is 0.455. The summed E-state index contributed by atoms with van der Waals surface area (Å²) in [6.45, 7) is 9.50. The van der Waals surface area contributed by atoms with E-state index in [2.05, 4.69) is 6.58 Å². The van der Waals surface area contributed by atoms with E-state index in [4.69, 9.17) is 10.5 Å². The lowest BCUT2D eigenvalue weighted by Gasteiger charge is -2.19. The summed E-state index contributed by atoms with van der Waals surface area (Å²) in [6.07, 6.45) is 5.41. The number of hydrogen-bond acceptors (Lipinski definition) is 2. The third kappa shape index (κ3) is 4.53. The van der Waals surface area contributed by atoms with Crippen molar-refractivity contribution in [2.75, 3.05) is 7.11 Å². The second kappa shape index (κ2) is 4.87. The predicted molar refractivity (Wildman–Crippen MR) is 57.3 cm³/mol. The molecular weight excluding hydrogens is 162 g/mol. The minimum Gasteiger partial charge on any atom is -0.497 e. The van der Waals surface area contributed by atoms with Crippen molar-refractivity contribution in [3.63, 3.8) is 0 Å². The van der Waals surface area contributed by atoms with Gasteiger partial charge in [0.15, 0.2) is 0 Å². The molecular formula is C11H19NO. The average Bonchev–Trinajstić information content (AvgIpc) is 2.01.